The van der Waals surface area contributed by atoms with Gasteiger partial charge in [-0.1, -0.05) is 0 Å². The Labute approximate surface area is 86.4 Å². The predicted molar refractivity (Wildman–Crippen MR) is 57.2 cm³/mol. The first-order chi connectivity index (χ1) is 6.56. The Kier molecular flexibility index (Phi) is 7.42. The van der Waals surface area contributed by atoms with E-state index in [-0.39, 0.29) is 18.1 Å². The van der Waals surface area contributed by atoms with Crippen LogP contribution in [0.3, 0.4) is 0 Å². The first-order valence-electron chi connectivity index (χ1n) is 5.11. The average molecular weight is 202 g/mol. The molecule has 0 bridgehead atoms. The van der Waals surface area contributed by atoms with Gasteiger partial charge in [0.15, 0.2) is 0 Å². The molecule has 1 unspecified atom stereocenters. The van der Waals surface area contributed by atoms with Crippen LogP contribution in [0.4, 0.5) is 0 Å². The fourth-order valence-electron chi connectivity index (χ4n) is 1.09. The van der Waals surface area contributed by atoms with E-state index in [0.29, 0.717) is 13.0 Å². The Morgan fingerprint density at radius 3 is 2.50 bits per heavy atom. The lowest BCUT2D eigenvalue weighted by Crippen LogP contribution is -2.31. The summed E-state index contributed by atoms with van der Waals surface area (Å²) in [6.07, 6.45) is 0.596. The van der Waals surface area contributed by atoms with Gasteiger partial charge in [0.1, 0.15) is 0 Å². The molecule has 1 atom stereocenters. The van der Waals surface area contributed by atoms with E-state index in [2.05, 4.69) is 10.6 Å². The van der Waals surface area contributed by atoms with Gasteiger partial charge in [-0.15, -0.1) is 0 Å². The van der Waals surface area contributed by atoms with Crippen molar-refractivity contribution in [2.75, 3.05) is 20.2 Å². The van der Waals surface area contributed by atoms with Crippen LogP contribution < -0.4 is 10.6 Å². The summed E-state index contributed by atoms with van der Waals surface area (Å²) in [5.74, 6) is 0.0525. The summed E-state index contributed by atoms with van der Waals surface area (Å²) < 4.78 is 5.41. The van der Waals surface area contributed by atoms with E-state index in [9.17, 15) is 4.79 Å². The minimum absolute atomic E-state index is 0.0525. The summed E-state index contributed by atoms with van der Waals surface area (Å²) in [7, 11) is 1.88. The molecule has 0 aromatic carbocycles. The Balaban J connectivity index is 3.39. The fraction of sp³-hybridized carbons (Fsp3) is 0.900. The van der Waals surface area contributed by atoms with E-state index in [4.69, 9.17) is 4.74 Å². The third kappa shape index (κ3) is 8.01. The monoisotopic (exact) mass is 202 g/mol. The van der Waals surface area contributed by atoms with Gasteiger partial charge in [-0.25, -0.2) is 0 Å². The van der Waals surface area contributed by atoms with Crippen LogP contribution in [-0.2, 0) is 9.53 Å². The zero-order valence-electron chi connectivity index (χ0n) is 9.59. The normalized spacial score (nSPS) is 12.9. The smallest absolute Gasteiger partial charge is 0.222 e. The highest BCUT2D eigenvalue weighted by Gasteiger charge is 2.05. The predicted octanol–water partition coefficient (Wildman–Crippen LogP) is 0.526. The van der Waals surface area contributed by atoms with Crippen LogP contribution in [-0.4, -0.2) is 38.3 Å². The molecule has 0 rings (SSSR count). The molecule has 14 heavy (non-hydrogen) atoms. The van der Waals surface area contributed by atoms with Crippen LogP contribution in [0.25, 0.3) is 0 Å². The third-order valence-corrected chi connectivity index (χ3v) is 1.67. The molecule has 1 amide bonds. The molecule has 0 heterocycles. The highest BCUT2D eigenvalue weighted by Crippen LogP contribution is 1.91. The van der Waals surface area contributed by atoms with Gasteiger partial charge in [-0.05, 0) is 27.8 Å². The molecule has 0 radical (unpaired) electrons. The van der Waals surface area contributed by atoms with Crippen LogP contribution in [0.2, 0.25) is 0 Å². The van der Waals surface area contributed by atoms with Crippen molar-refractivity contribution in [2.24, 2.45) is 0 Å². The minimum atomic E-state index is 0.0525. The molecule has 0 aromatic rings. The number of carbonyl (C=O) groups excluding carboxylic acids is 1. The van der Waals surface area contributed by atoms with Crippen LogP contribution in [0.15, 0.2) is 0 Å². The van der Waals surface area contributed by atoms with Gasteiger partial charge in [0.2, 0.25) is 5.91 Å². The second-order valence-electron chi connectivity index (χ2n) is 3.71. The van der Waals surface area contributed by atoms with Crippen molar-refractivity contribution in [2.45, 2.75) is 39.3 Å². The molecule has 0 spiro atoms. The number of ether oxygens (including phenoxy) is 1. The van der Waals surface area contributed by atoms with Crippen LogP contribution >= 0.6 is 0 Å². The second-order valence-corrected chi connectivity index (χ2v) is 3.71. The van der Waals surface area contributed by atoms with Gasteiger partial charge in [-0.2, -0.15) is 0 Å². The zero-order chi connectivity index (χ0) is 11.0. The number of hydrogen-bond donors (Lipinski definition) is 2. The first-order valence-corrected chi connectivity index (χ1v) is 5.11. The average Bonchev–Trinajstić information content (AvgIpc) is 2.02. The Morgan fingerprint density at radius 1 is 1.36 bits per heavy atom. The van der Waals surface area contributed by atoms with Gasteiger partial charge in [-0.3, -0.25) is 4.79 Å². The van der Waals surface area contributed by atoms with Crippen molar-refractivity contribution in [3.05, 3.63) is 0 Å². The number of rotatable bonds is 7. The van der Waals surface area contributed by atoms with Crippen molar-refractivity contribution >= 4 is 5.91 Å². The van der Waals surface area contributed by atoms with E-state index in [1.54, 1.807) is 0 Å². The molecule has 2 N–H and O–H groups in total. The molecular weight excluding hydrogens is 180 g/mol. The molecule has 0 aromatic heterocycles. The molecule has 0 saturated carbocycles. The van der Waals surface area contributed by atoms with Crippen molar-refractivity contribution in [1.29, 1.82) is 0 Å². The minimum Gasteiger partial charge on any atom is -0.377 e. The zero-order valence-corrected chi connectivity index (χ0v) is 9.59. The molecule has 0 aliphatic rings. The summed E-state index contributed by atoms with van der Waals surface area (Å²) >= 11 is 0. The molecule has 0 fully saturated rings. The number of amides is 1. The largest absolute Gasteiger partial charge is 0.377 e. The summed E-state index contributed by atoms with van der Waals surface area (Å²) in [6, 6.07) is 0.206. The highest BCUT2D eigenvalue weighted by molar-refractivity contribution is 5.76. The fourth-order valence-corrected chi connectivity index (χ4v) is 1.09. The maximum absolute atomic E-state index is 11.2. The van der Waals surface area contributed by atoms with Crippen molar-refractivity contribution < 1.29 is 9.53 Å². The summed E-state index contributed by atoms with van der Waals surface area (Å²) in [6.45, 7) is 7.18. The summed E-state index contributed by atoms with van der Waals surface area (Å²) in [5, 5.41) is 5.83. The molecule has 0 aliphatic heterocycles. The highest BCUT2D eigenvalue weighted by atomic mass is 16.5. The van der Waals surface area contributed by atoms with E-state index >= 15 is 0 Å². The number of carbonyl (C=O) groups is 1. The molecule has 84 valence electrons. The van der Waals surface area contributed by atoms with Gasteiger partial charge >= 0.3 is 0 Å². The van der Waals surface area contributed by atoms with Crippen molar-refractivity contribution in [1.82, 2.24) is 10.6 Å². The molecule has 0 aliphatic carbocycles. The van der Waals surface area contributed by atoms with Crippen molar-refractivity contribution in [3.63, 3.8) is 0 Å². The van der Waals surface area contributed by atoms with Gasteiger partial charge < -0.3 is 15.4 Å². The number of likely N-dealkylation sites (N-methyl/N-ethyl adjacent to an activating group) is 1. The lowest BCUT2D eigenvalue weighted by Gasteiger charge is -2.13. The third-order valence-electron chi connectivity index (χ3n) is 1.67. The lowest BCUT2D eigenvalue weighted by molar-refractivity contribution is -0.123. The Bertz CT molecular complexity index is 160. The van der Waals surface area contributed by atoms with E-state index < -0.39 is 0 Å². The lowest BCUT2D eigenvalue weighted by atomic mass is 10.3. The molecular formula is C10H22N2O2. The van der Waals surface area contributed by atoms with E-state index in [1.807, 2.05) is 27.8 Å². The van der Waals surface area contributed by atoms with Crippen molar-refractivity contribution in [3.8, 4) is 0 Å². The number of hydrogen-bond acceptors (Lipinski definition) is 3. The summed E-state index contributed by atoms with van der Waals surface area (Å²) in [5.41, 5.74) is 0. The SMILES string of the molecule is CNCC(C)OCCC(=O)NC(C)C. The van der Waals surface area contributed by atoms with Crippen LogP contribution in [0, 0.1) is 0 Å². The first kappa shape index (κ1) is 13.4. The molecule has 0 saturated heterocycles. The van der Waals surface area contributed by atoms with Gasteiger partial charge in [0.25, 0.3) is 0 Å². The number of nitrogens with one attached hydrogen (secondary N) is 2. The second kappa shape index (κ2) is 7.76. The quantitative estimate of drug-likeness (QED) is 0.633. The van der Waals surface area contributed by atoms with Crippen LogP contribution in [0.5, 0.6) is 0 Å². The van der Waals surface area contributed by atoms with E-state index in [1.165, 1.54) is 0 Å². The van der Waals surface area contributed by atoms with E-state index in [0.717, 1.165) is 6.54 Å². The molecule has 4 heteroatoms. The Morgan fingerprint density at radius 2 is 2.00 bits per heavy atom. The van der Waals surface area contributed by atoms with Crippen LogP contribution in [0.1, 0.15) is 27.2 Å². The topological polar surface area (TPSA) is 50.4 Å². The maximum atomic E-state index is 11.2. The summed E-state index contributed by atoms with van der Waals surface area (Å²) in [4.78, 5) is 11.2. The Hall–Kier alpha value is -0.610. The van der Waals surface area contributed by atoms with Gasteiger partial charge in [0.05, 0.1) is 12.7 Å². The van der Waals surface area contributed by atoms with Gasteiger partial charge in [0, 0.05) is 19.0 Å². The molecule has 4 nitrogen and oxygen atoms in total. The maximum Gasteiger partial charge on any atom is 0.222 e. The standard InChI is InChI=1S/C10H22N2O2/c1-8(2)12-10(13)5-6-14-9(3)7-11-4/h8-9,11H,5-7H2,1-4H3,(H,12,13).